The summed E-state index contributed by atoms with van der Waals surface area (Å²) in [6.45, 7) is 0.996. The maximum Gasteiger partial charge on any atom is 0.0739 e. The highest BCUT2D eigenvalue weighted by Crippen LogP contribution is 2.12. The number of nitrogens with zero attached hydrogens (tertiary/aromatic N) is 1. The van der Waals surface area contributed by atoms with Crippen LogP contribution in [0.2, 0.25) is 0 Å². The van der Waals surface area contributed by atoms with Crippen LogP contribution in [0.25, 0.3) is 0 Å². The molecule has 0 atom stereocenters. The second-order valence-electron chi connectivity index (χ2n) is 2.72. The zero-order chi connectivity index (χ0) is 9.52. The van der Waals surface area contributed by atoms with Gasteiger partial charge in [-0.15, -0.1) is 0 Å². The van der Waals surface area contributed by atoms with Crippen LogP contribution in [-0.4, -0.2) is 18.8 Å². The van der Waals surface area contributed by atoms with E-state index in [1.54, 1.807) is 0 Å². The van der Waals surface area contributed by atoms with E-state index in [4.69, 9.17) is 0 Å². The second kappa shape index (κ2) is 5.60. The molecule has 0 radical (unpaired) electrons. The van der Waals surface area contributed by atoms with Crippen molar-refractivity contribution >= 4 is 23.1 Å². The Labute approximate surface area is 83.7 Å². The molecule has 0 aliphatic heterocycles. The van der Waals surface area contributed by atoms with E-state index in [0.717, 1.165) is 18.7 Å². The van der Waals surface area contributed by atoms with Crippen LogP contribution in [0.4, 0.5) is 5.69 Å². The van der Waals surface area contributed by atoms with Crippen molar-refractivity contribution in [1.82, 2.24) is 5.32 Å². The molecule has 0 heterocycles. The third-order valence-corrected chi connectivity index (χ3v) is 1.87. The van der Waals surface area contributed by atoms with Crippen molar-refractivity contribution < 1.29 is 0 Å². The summed E-state index contributed by atoms with van der Waals surface area (Å²) < 4.78 is 0. The molecule has 0 aliphatic rings. The highest BCUT2D eigenvalue weighted by atomic mass is 32.1. The fraction of sp³-hybridized carbons (Fsp3) is 0.300. The average Bonchev–Trinajstić information content (AvgIpc) is 2.17. The van der Waals surface area contributed by atoms with Gasteiger partial charge in [-0.1, -0.05) is 12.1 Å². The van der Waals surface area contributed by atoms with Gasteiger partial charge in [0.25, 0.3) is 0 Å². The Morgan fingerprint density at radius 1 is 1.38 bits per heavy atom. The van der Waals surface area contributed by atoms with Crippen molar-refractivity contribution in [3.63, 3.8) is 0 Å². The minimum atomic E-state index is 0.864. The van der Waals surface area contributed by atoms with Crippen LogP contribution in [0.5, 0.6) is 0 Å². The molecule has 0 fully saturated rings. The summed E-state index contributed by atoms with van der Waals surface area (Å²) in [7, 11) is 1.95. The minimum Gasteiger partial charge on any atom is -0.319 e. The maximum atomic E-state index is 4.51. The van der Waals surface area contributed by atoms with Gasteiger partial charge in [-0.3, -0.25) is 0 Å². The summed E-state index contributed by atoms with van der Waals surface area (Å²) in [6, 6.07) is 8.01. The number of isothiocyanates is 1. The number of likely N-dealkylation sites (N-methyl/N-ethyl adjacent to an activating group) is 1. The molecular weight excluding hydrogens is 180 g/mol. The monoisotopic (exact) mass is 192 g/mol. The highest BCUT2D eigenvalue weighted by molar-refractivity contribution is 7.78. The lowest BCUT2D eigenvalue weighted by atomic mass is 10.1. The summed E-state index contributed by atoms with van der Waals surface area (Å²) >= 11 is 4.51. The first-order valence-electron chi connectivity index (χ1n) is 4.18. The summed E-state index contributed by atoms with van der Waals surface area (Å²) in [5.41, 5.74) is 2.17. The van der Waals surface area contributed by atoms with Crippen molar-refractivity contribution in [2.45, 2.75) is 6.42 Å². The number of aliphatic imine (C=N–C) groups is 1. The lowest BCUT2D eigenvalue weighted by Crippen LogP contribution is -2.09. The Morgan fingerprint density at radius 3 is 2.62 bits per heavy atom. The van der Waals surface area contributed by atoms with Crippen LogP contribution < -0.4 is 5.32 Å². The van der Waals surface area contributed by atoms with E-state index in [0.29, 0.717) is 0 Å². The fourth-order valence-electron chi connectivity index (χ4n) is 1.06. The third kappa shape index (κ3) is 3.47. The van der Waals surface area contributed by atoms with Gasteiger partial charge in [-0.25, -0.2) is 0 Å². The van der Waals surface area contributed by atoms with Crippen LogP contribution in [-0.2, 0) is 6.42 Å². The molecule has 0 saturated heterocycles. The number of rotatable bonds is 4. The van der Waals surface area contributed by atoms with Crippen molar-refractivity contribution in [2.24, 2.45) is 4.99 Å². The third-order valence-electron chi connectivity index (χ3n) is 1.77. The van der Waals surface area contributed by atoms with Gasteiger partial charge in [0.2, 0.25) is 0 Å². The predicted molar refractivity (Wildman–Crippen MR) is 58.8 cm³/mol. The molecule has 68 valence electrons. The number of thiocarbonyl (C=S) groups is 1. The van der Waals surface area contributed by atoms with Gasteiger partial charge in [0.15, 0.2) is 0 Å². The Morgan fingerprint density at radius 2 is 2.08 bits per heavy atom. The van der Waals surface area contributed by atoms with Crippen LogP contribution in [0.1, 0.15) is 5.56 Å². The summed E-state index contributed by atoms with van der Waals surface area (Å²) in [4.78, 5) is 3.88. The van der Waals surface area contributed by atoms with Crippen molar-refractivity contribution in [2.75, 3.05) is 13.6 Å². The number of hydrogen-bond acceptors (Lipinski definition) is 3. The van der Waals surface area contributed by atoms with Crippen LogP contribution in [0.3, 0.4) is 0 Å². The summed E-state index contributed by atoms with van der Waals surface area (Å²) in [6.07, 6.45) is 1.04. The maximum absolute atomic E-state index is 4.51. The van der Waals surface area contributed by atoms with E-state index in [-0.39, 0.29) is 0 Å². The number of benzene rings is 1. The predicted octanol–water partition coefficient (Wildman–Crippen LogP) is 2.18. The molecule has 0 unspecified atom stereocenters. The SMILES string of the molecule is CNCCc1ccc(N=C=S)cc1. The molecule has 0 amide bonds. The first-order chi connectivity index (χ1) is 6.36. The molecule has 0 saturated carbocycles. The highest BCUT2D eigenvalue weighted by Gasteiger charge is 1.91. The molecular formula is C10H12N2S. The molecule has 0 spiro atoms. The van der Waals surface area contributed by atoms with Crippen molar-refractivity contribution in [1.29, 1.82) is 0 Å². The average molecular weight is 192 g/mol. The topological polar surface area (TPSA) is 24.4 Å². The van der Waals surface area contributed by atoms with Gasteiger partial charge in [0.1, 0.15) is 0 Å². The smallest absolute Gasteiger partial charge is 0.0739 e. The first kappa shape index (κ1) is 10.1. The van der Waals surface area contributed by atoms with E-state index in [2.05, 4.69) is 39.8 Å². The second-order valence-corrected chi connectivity index (χ2v) is 2.91. The van der Waals surface area contributed by atoms with Gasteiger partial charge < -0.3 is 5.32 Å². The molecule has 13 heavy (non-hydrogen) atoms. The molecule has 1 N–H and O–H groups in total. The van der Waals surface area contributed by atoms with E-state index in [1.807, 2.05) is 19.2 Å². The molecule has 0 aliphatic carbocycles. The van der Waals surface area contributed by atoms with Gasteiger partial charge in [0, 0.05) is 0 Å². The molecule has 3 heteroatoms. The van der Waals surface area contributed by atoms with Crippen molar-refractivity contribution in [3.8, 4) is 0 Å². The normalized spacial score (nSPS) is 9.31. The standard InChI is InChI=1S/C10H12N2S/c1-11-7-6-9-2-4-10(5-3-9)12-8-13/h2-5,11H,6-7H2,1H3. The van der Waals surface area contributed by atoms with Crippen LogP contribution in [0, 0.1) is 0 Å². The quantitative estimate of drug-likeness (QED) is 0.584. The fourth-order valence-corrected chi connectivity index (χ4v) is 1.16. The Kier molecular flexibility index (Phi) is 4.33. The molecule has 0 bridgehead atoms. The summed E-state index contributed by atoms with van der Waals surface area (Å²) in [5, 5.41) is 5.45. The van der Waals surface area contributed by atoms with E-state index < -0.39 is 0 Å². The van der Waals surface area contributed by atoms with Gasteiger partial charge in [-0.2, -0.15) is 4.99 Å². The van der Waals surface area contributed by atoms with E-state index >= 15 is 0 Å². The first-order valence-corrected chi connectivity index (χ1v) is 4.59. The molecule has 2 nitrogen and oxygen atoms in total. The van der Waals surface area contributed by atoms with Crippen molar-refractivity contribution in [3.05, 3.63) is 29.8 Å². The van der Waals surface area contributed by atoms with Gasteiger partial charge in [0.05, 0.1) is 10.8 Å². The number of nitrogens with one attached hydrogen (secondary N) is 1. The van der Waals surface area contributed by atoms with Gasteiger partial charge >= 0.3 is 0 Å². The molecule has 1 aromatic rings. The molecule has 1 rings (SSSR count). The van der Waals surface area contributed by atoms with Crippen LogP contribution >= 0.6 is 12.2 Å². The minimum absolute atomic E-state index is 0.864. The van der Waals surface area contributed by atoms with E-state index in [9.17, 15) is 0 Å². The Balaban J connectivity index is 2.63. The van der Waals surface area contributed by atoms with E-state index in [1.165, 1.54) is 5.56 Å². The number of hydrogen-bond donors (Lipinski definition) is 1. The zero-order valence-corrected chi connectivity index (χ0v) is 8.40. The van der Waals surface area contributed by atoms with Crippen LogP contribution in [0.15, 0.2) is 29.3 Å². The molecule has 1 aromatic carbocycles. The molecule has 0 aromatic heterocycles. The Bertz CT molecular complexity index is 299. The largest absolute Gasteiger partial charge is 0.319 e. The Hall–Kier alpha value is -1.02. The zero-order valence-electron chi connectivity index (χ0n) is 7.58. The summed E-state index contributed by atoms with van der Waals surface area (Å²) in [5.74, 6) is 0. The lowest BCUT2D eigenvalue weighted by molar-refractivity contribution is 0.792. The van der Waals surface area contributed by atoms with Gasteiger partial charge in [-0.05, 0) is 49.9 Å². The lowest BCUT2D eigenvalue weighted by Gasteiger charge is -1.99.